The minimum atomic E-state index is -0.764. The summed E-state index contributed by atoms with van der Waals surface area (Å²) in [5.41, 5.74) is 7.35. The minimum absolute atomic E-state index is 0.170. The van der Waals surface area contributed by atoms with Crippen LogP contribution in [0, 0.1) is 0 Å². The van der Waals surface area contributed by atoms with Crippen molar-refractivity contribution < 1.29 is 24.6 Å². The van der Waals surface area contributed by atoms with Gasteiger partial charge in [0.05, 0.1) is 19.4 Å². The van der Waals surface area contributed by atoms with Crippen molar-refractivity contribution in [1.29, 1.82) is 0 Å². The quantitative estimate of drug-likeness (QED) is 0.573. The Labute approximate surface area is 181 Å². The van der Waals surface area contributed by atoms with E-state index in [-0.39, 0.29) is 6.04 Å². The van der Waals surface area contributed by atoms with Crippen LogP contribution in [0.2, 0.25) is 0 Å². The summed E-state index contributed by atoms with van der Waals surface area (Å²) in [6.45, 7) is 1.74. The molecule has 3 aliphatic rings. The van der Waals surface area contributed by atoms with Crippen molar-refractivity contribution in [1.82, 2.24) is 15.5 Å². The van der Waals surface area contributed by atoms with E-state index in [1.165, 1.54) is 0 Å². The number of carboxylic acids is 1. The average Bonchev–Trinajstić information content (AvgIpc) is 2.82. The Bertz CT molecular complexity index is 900. The van der Waals surface area contributed by atoms with Crippen LogP contribution in [0.15, 0.2) is 35.7 Å². The van der Waals surface area contributed by atoms with Crippen LogP contribution in [-0.4, -0.2) is 65.7 Å². The SMILES string of the molecule is COC1=CC2=C(c3ccc(N[C@@H]4CC[C@@H](C(=O)O)N(C)C4)cc3COCCC2)N(O)N1. The lowest BCUT2D eigenvalue weighted by Crippen LogP contribution is -2.49. The number of likely N-dealkylation sites (tertiary alicyclic amines) is 1. The Kier molecular flexibility index (Phi) is 6.35. The molecule has 2 atom stereocenters. The normalized spacial score (nSPS) is 24.6. The van der Waals surface area contributed by atoms with E-state index in [0.29, 0.717) is 37.8 Å². The number of aliphatic carboxylic acids is 1. The molecule has 0 radical (unpaired) electrons. The number of anilines is 1. The molecule has 4 N–H and O–H groups in total. The number of benzene rings is 1. The molecule has 0 aromatic heterocycles. The molecule has 0 spiro atoms. The summed E-state index contributed by atoms with van der Waals surface area (Å²) in [5, 5.41) is 24.5. The average molecular weight is 431 g/mol. The van der Waals surface area contributed by atoms with Gasteiger partial charge in [-0.3, -0.25) is 14.9 Å². The zero-order valence-electron chi connectivity index (χ0n) is 17.9. The second-order valence-electron chi connectivity index (χ2n) is 8.25. The summed E-state index contributed by atoms with van der Waals surface area (Å²) < 4.78 is 11.1. The molecular formula is C22H30N4O5. The first-order chi connectivity index (χ1) is 15.0. The number of hydrazine groups is 1. The van der Waals surface area contributed by atoms with Crippen molar-refractivity contribution in [3.8, 4) is 0 Å². The number of allylic oxidation sites excluding steroid dienone is 2. The Morgan fingerprint density at radius 1 is 1.35 bits per heavy atom. The fourth-order valence-electron chi connectivity index (χ4n) is 4.53. The molecule has 1 aromatic rings. The van der Waals surface area contributed by atoms with Crippen molar-refractivity contribution in [2.45, 2.75) is 44.4 Å². The summed E-state index contributed by atoms with van der Waals surface area (Å²) in [4.78, 5) is 13.2. The number of piperidine rings is 1. The number of hydrogen-bond acceptors (Lipinski definition) is 8. The molecule has 31 heavy (non-hydrogen) atoms. The number of hydrogen-bond donors (Lipinski definition) is 4. The second-order valence-corrected chi connectivity index (χ2v) is 8.25. The highest BCUT2D eigenvalue weighted by Gasteiger charge is 2.30. The van der Waals surface area contributed by atoms with Gasteiger partial charge < -0.3 is 19.9 Å². The zero-order valence-corrected chi connectivity index (χ0v) is 17.9. The number of nitrogens with one attached hydrogen (secondary N) is 2. The highest BCUT2D eigenvalue weighted by molar-refractivity contribution is 5.74. The van der Waals surface area contributed by atoms with Crippen molar-refractivity contribution in [2.24, 2.45) is 0 Å². The van der Waals surface area contributed by atoms with Crippen molar-refractivity contribution in [3.05, 3.63) is 46.9 Å². The van der Waals surface area contributed by atoms with E-state index in [1.54, 1.807) is 7.11 Å². The lowest BCUT2D eigenvalue weighted by Gasteiger charge is -2.35. The van der Waals surface area contributed by atoms with E-state index in [4.69, 9.17) is 9.47 Å². The van der Waals surface area contributed by atoms with E-state index in [9.17, 15) is 15.1 Å². The maximum absolute atomic E-state index is 11.3. The largest absolute Gasteiger partial charge is 0.481 e. The van der Waals surface area contributed by atoms with Crippen LogP contribution in [0.5, 0.6) is 0 Å². The molecule has 9 heteroatoms. The number of nitrogens with zero attached hydrogens (tertiary/aromatic N) is 2. The number of fused-ring (bicyclic) bond motifs is 2. The first-order valence-corrected chi connectivity index (χ1v) is 10.6. The molecule has 0 amide bonds. The lowest BCUT2D eigenvalue weighted by atomic mass is 9.96. The van der Waals surface area contributed by atoms with Crippen molar-refractivity contribution >= 4 is 17.4 Å². The third-order valence-electron chi connectivity index (χ3n) is 6.09. The summed E-state index contributed by atoms with van der Waals surface area (Å²) in [6.07, 6.45) is 4.94. The molecule has 9 nitrogen and oxygen atoms in total. The predicted octanol–water partition coefficient (Wildman–Crippen LogP) is 2.36. The molecule has 0 saturated carbocycles. The molecule has 168 valence electrons. The zero-order chi connectivity index (χ0) is 22.0. The molecule has 1 aromatic carbocycles. The minimum Gasteiger partial charge on any atom is -0.481 e. The Morgan fingerprint density at radius 2 is 2.19 bits per heavy atom. The number of rotatable bonds is 4. The van der Waals surface area contributed by atoms with Crippen molar-refractivity contribution in [2.75, 3.05) is 32.6 Å². The second kappa shape index (κ2) is 9.17. The number of likely N-dealkylation sites (N-methyl/N-ethyl adjacent to an activating group) is 1. The molecule has 3 heterocycles. The van der Waals surface area contributed by atoms with Gasteiger partial charge in [0.15, 0.2) is 0 Å². The smallest absolute Gasteiger partial charge is 0.320 e. The van der Waals surface area contributed by atoms with E-state index < -0.39 is 12.0 Å². The van der Waals surface area contributed by atoms with Gasteiger partial charge in [0, 0.05) is 36.5 Å². The Hall–Kier alpha value is -2.75. The number of carbonyl (C=O) groups is 1. The Morgan fingerprint density at radius 3 is 2.94 bits per heavy atom. The van der Waals surface area contributed by atoms with Gasteiger partial charge in [-0.1, -0.05) is 6.07 Å². The molecule has 1 fully saturated rings. The molecule has 1 saturated heterocycles. The number of hydroxylamine groups is 1. The third-order valence-corrected chi connectivity index (χ3v) is 6.09. The topological polar surface area (TPSA) is 107 Å². The van der Waals surface area contributed by atoms with Crippen LogP contribution >= 0.6 is 0 Å². The molecule has 4 rings (SSSR count). The Balaban J connectivity index is 1.59. The fourth-order valence-corrected chi connectivity index (χ4v) is 4.53. The maximum Gasteiger partial charge on any atom is 0.320 e. The van der Waals surface area contributed by atoms with Crippen LogP contribution in [0.4, 0.5) is 5.69 Å². The van der Waals surface area contributed by atoms with Crippen molar-refractivity contribution in [3.63, 3.8) is 0 Å². The van der Waals surface area contributed by atoms with Gasteiger partial charge in [-0.15, -0.1) is 0 Å². The van der Waals surface area contributed by atoms with Crippen LogP contribution in [0.1, 0.15) is 36.8 Å². The van der Waals surface area contributed by atoms with Gasteiger partial charge in [0.1, 0.15) is 6.04 Å². The maximum atomic E-state index is 11.3. The first-order valence-electron chi connectivity index (χ1n) is 10.6. The summed E-state index contributed by atoms with van der Waals surface area (Å²) in [6, 6.07) is 5.79. The highest BCUT2D eigenvalue weighted by atomic mass is 16.6. The monoisotopic (exact) mass is 430 g/mol. The summed E-state index contributed by atoms with van der Waals surface area (Å²) >= 11 is 0. The van der Waals surface area contributed by atoms with E-state index in [2.05, 4.69) is 16.8 Å². The van der Waals surface area contributed by atoms with Gasteiger partial charge in [-0.2, -0.15) is 5.17 Å². The first kappa shape index (κ1) is 21.5. The summed E-state index contributed by atoms with van der Waals surface area (Å²) in [7, 11) is 3.41. The van der Waals surface area contributed by atoms with E-state index >= 15 is 0 Å². The van der Waals surface area contributed by atoms with Gasteiger partial charge in [-0.05, 0) is 56.0 Å². The highest BCUT2D eigenvalue weighted by Crippen LogP contribution is 2.34. The molecule has 0 unspecified atom stereocenters. The van der Waals surface area contributed by atoms with Crippen LogP contribution in [0.25, 0.3) is 5.70 Å². The lowest BCUT2D eigenvalue weighted by molar-refractivity contribution is -0.143. The standard InChI is InChI=1S/C22H30N4O5/c1-25-12-17(6-8-19(25)22(27)28)23-16-5-7-18-15(10-16)13-31-9-3-4-14-11-20(30-2)24-26(29)21(14)18/h5,7,10-11,17,19,23-24,29H,3-4,6,8-9,12-13H2,1-2H3,(H,27,28)/t17-,19+/m1/s1. The number of methoxy groups -OCH3 is 1. The van der Waals surface area contributed by atoms with E-state index in [1.807, 2.05) is 30.2 Å². The fraction of sp³-hybridized carbons (Fsp3) is 0.500. The van der Waals surface area contributed by atoms with Crippen LogP contribution in [-0.2, 0) is 20.9 Å². The molecule has 0 bridgehead atoms. The van der Waals surface area contributed by atoms with Gasteiger partial charge >= 0.3 is 5.97 Å². The molecule has 0 aliphatic carbocycles. The van der Waals surface area contributed by atoms with Gasteiger partial charge in [-0.25, -0.2) is 5.43 Å². The van der Waals surface area contributed by atoms with E-state index in [0.717, 1.165) is 46.8 Å². The number of ether oxygens (including phenoxy) is 2. The molecule has 3 aliphatic heterocycles. The van der Waals surface area contributed by atoms with Crippen LogP contribution < -0.4 is 10.7 Å². The van der Waals surface area contributed by atoms with Crippen LogP contribution in [0.3, 0.4) is 0 Å². The predicted molar refractivity (Wildman–Crippen MR) is 115 cm³/mol. The number of carboxylic acid groups (broad SMARTS) is 1. The van der Waals surface area contributed by atoms with Gasteiger partial charge in [0.25, 0.3) is 0 Å². The summed E-state index contributed by atoms with van der Waals surface area (Å²) in [5.74, 6) is -0.276. The molecular weight excluding hydrogens is 400 g/mol. The van der Waals surface area contributed by atoms with Gasteiger partial charge in [0.2, 0.25) is 5.88 Å². The third kappa shape index (κ3) is 4.63.